The van der Waals surface area contributed by atoms with Gasteiger partial charge in [-0.05, 0) is 35.5 Å². The fraction of sp³-hybridized carbons (Fsp3) is 0.429. The van der Waals surface area contributed by atoms with Gasteiger partial charge in [-0.1, -0.05) is 51.5 Å². The molecule has 4 heteroatoms. The van der Waals surface area contributed by atoms with Crippen molar-refractivity contribution in [2.45, 2.75) is 47.0 Å². The average Bonchev–Trinajstić information content (AvgIpc) is 2.57. The van der Waals surface area contributed by atoms with Gasteiger partial charge in [0.2, 0.25) is 0 Å². The molecular weight excluding hydrogens is 308 g/mol. The minimum absolute atomic E-state index is 0.184. The molecule has 0 unspecified atom stereocenters. The zero-order valence-corrected chi connectivity index (χ0v) is 16.4. The van der Waals surface area contributed by atoms with Gasteiger partial charge in [-0.3, -0.25) is 4.99 Å². The van der Waals surface area contributed by atoms with E-state index in [1.165, 1.54) is 17.3 Å². The molecular formula is C21H32N4. The van der Waals surface area contributed by atoms with Gasteiger partial charge in [-0.25, -0.2) is 0 Å². The third kappa shape index (κ3) is 5.31. The molecule has 0 fully saturated rings. The van der Waals surface area contributed by atoms with Crippen molar-refractivity contribution in [3.63, 3.8) is 0 Å². The van der Waals surface area contributed by atoms with Crippen LogP contribution in [0.2, 0.25) is 0 Å². The van der Waals surface area contributed by atoms with Gasteiger partial charge >= 0.3 is 0 Å². The van der Waals surface area contributed by atoms with Crippen molar-refractivity contribution < 1.29 is 0 Å². The Hall–Kier alpha value is -2.36. The van der Waals surface area contributed by atoms with Crippen molar-refractivity contribution in [2.24, 2.45) is 22.4 Å². The quantitative estimate of drug-likeness (QED) is 0.642. The predicted octanol–water partition coefficient (Wildman–Crippen LogP) is 4.40. The summed E-state index contributed by atoms with van der Waals surface area (Å²) in [5, 5.41) is 7.72. The second-order valence-electron chi connectivity index (χ2n) is 7.03. The Morgan fingerprint density at radius 2 is 1.80 bits per heavy atom. The van der Waals surface area contributed by atoms with Crippen molar-refractivity contribution in [2.75, 3.05) is 7.05 Å². The number of nitrogens with one attached hydrogen (secondary N) is 1. The number of rotatable bonds is 7. The summed E-state index contributed by atoms with van der Waals surface area (Å²) in [7, 11) is 1.73. The lowest BCUT2D eigenvalue weighted by Gasteiger charge is -2.17. The van der Waals surface area contributed by atoms with Crippen LogP contribution in [0.15, 0.2) is 40.0 Å². The van der Waals surface area contributed by atoms with Gasteiger partial charge in [0.15, 0.2) is 0 Å². The highest BCUT2D eigenvalue weighted by Gasteiger charge is 2.14. The van der Waals surface area contributed by atoms with Crippen LogP contribution in [-0.2, 0) is 0 Å². The Kier molecular flexibility index (Phi) is 7.62. The van der Waals surface area contributed by atoms with Gasteiger partial charge in [-0.15, -0.1) is 0 Å². The Morgan fingerprint density at radius 3 is 2.28 bits per heavy atom. The third-order valence-corrected chi connectivity index (χ3v) is 4.30. The van der Waals surface area contributed by atoms with Crippen LogP contribution >= 0.6 is 0 Å². The lowest BCUT2D eigenvalue weighted by molar-refractivity contribution is 0.747. The molecule has 0 aliphatic rings. The summed E-state index contributed by atoms with van der Waals surface area (Å²) in [5.41, 5.74) is 19.3. The standard InChI is InChI=1S/C21H32N4/c1-13(2)19-9-15(5)7-8-18(19)21(24)17(12-25-6)10-16(11-22)20(23)14(3)4/h7-9,11-14,22H,10,23-24H2,1-6H3. The topological polar surface area (TPSA) is 88.2 Å². The molecule has 4 nitrogen and oxygen atoms in total. The molecule has 0 atom stereocenters. The number of aliphatic imine (C=N–C) groups is 1. The Bertz CT molecular complexity index is 707. The van der Waals surface area contributed by atoms with Crippen LogP contribution < -0.4 is 11.5 Å². The molecule has 1 aromatic rings. The first-order chi connectivity index (χ1) is 11.7. The fourth-order valence-corrected chi connectivity index (χ4v) is 2.76. The molecule has 0 aliphatic carbocycles. The van der Waals surface area contributed by atoms with E-state index in [0.717, 1.165) is 22.4 Å². The first-order valence-electron chi connectivity index (χ1n) is 8.73. The molecule has 0 radical (unpaired) electrons. The van der Waals surface area contributed by atoms with Crippen molar-refractivity contribution >= 4 is 18.1 Å². The Balaban J connectivity index is 3.52. The largest absolute Gasteiger partial charge is 0.402 e. The average molecular weight is 341 g/mol. The number of benzene rings is 1. The maximum Gasteiger partial charge on any atom is 0.0441 e. The van der Waals surface area contributed by atoms with E-state index < -0.39 is 0 Å². The summed E-state index contributed by atoms with van der Waals surface area (Å²) in [6.07, 6.45) is 3.60. The van der Waals surface area contributed by atoms with E-state index in [4.69, 9.17) is 16.9 Å². The van der Waals surface area contributed by atoms with E-state index in [2.05, 4.69) is 44.0 Å². The highest BCUT2D eigenvalue weighted by Crippen LogP contribution is 2.28. The summed E-state index contributed by atoms with van der Waals surface area (Å²) in [6.45, 7) is 10.5. The van der Waals surface area contributed by atoms with E-state index >= 15 is 0 Å². The lowest BCUT2D eigenvalue weighted by Crippen LogP contribution is -2.13. The van der Waals surface area contributed by atoms with Gasteiger partial charge in [-0.2, -0.15) is 0 Å². The van der Waals surface area contributed by atoms with E-state index in [-0.39, 0.29) is 5.92 Å². The van der Waals surface area contributed by atoms with Gasteiger partial charge < -0.3 is 16.9 Å². The van der Waals surface area contributed by atoms with Gasteiger partial charge in [0, 0.05) is 42.9 Å². The smallest absolute Gasteiger partial charge is 0.0441 e. The molecule has 25 heavy (non-hydrogen) atoms. The Labute approximate surface area is 152 Å². The maximum absolute atomic E-state index is 7.72. The summed E-state index contributed by atoms with van der Waals surface area (Å²) in [4.78, 5) is 4.16. The number of hydrogen-bond acceptors (Lipinski definition) is 4. The minimum atomic E-state index is 0.184. The van der Waals surface area contributed by atoms with E-state index in [0.29, 0.717) is 18.0 Å². The molecule has 0 amide bonds. The van der Waals surface area contributed by atoms with Gasteiger partial charge in [0.25, 0.3) is 0 Å². The van der Waals surface area contributed by atoms with Crippen LogP contribution in [0.25, 0.3) is 5.70 Å². The number of nitrogens with zero attached hydrogens (tertiary/aromatic N) is 1. The van der Waals surface area contributed by atoms with Crippen LogP contribution in [0.1, 0.15) is 56.7 Å². The van der Waals surface area contributed by atoms with E-state index in [9.17, 15) is 0 Å². The normalized spacial score (nSPS) is 14.1. The molecule has 0 aliphatic heterocycles. The van der Waals surface area contributed by atoms with Crippen LogP contribution in [-0.4, -0.2) is 19.5 Å². The molecule has 0 aromatic heterocycles. The second-order valence-corrected chi connectivity index (χ2v) is 7.03. The van der Waals surface area contributed by atoms with Crippen LogP contribution in [0.3, 0.4) is 0 Å². The van der Waals surface area contributed by atoms with E-state index in [1.54, 1.807) is 13.3 Å². The lowest BCUT2D eigenvalue weighted by atomic mass is 9.90. The monoisotopic (exact) mass is 340 g/mol. The zero-order chi connectivity index (χ0) is 19.1. The molecule has 136 valence electrons. The molecule has 1 rings (SSSR count). The first-order valence-corrected chi connectivity index (χ1v) is 8.73. The van der Waals surface area contributed by atoms with E-state index in [1.807, 2.05) is 13.8 Å². The SMILES string of the molecule is CN=CC(CC(C=N)=C(N)C(C)C)=C(N)c1ccc(C)cc1C(C)C. The molecule has 5 N–H and O–H groups in total. The second kappa shape index (κ2) is 9.21. The highest BCUT2D eigenvalue weighted by atomic mass is 14.7. The summed E-state index contributed by atoms with van der Waals surface area (Å²) in [5.74, 6) is 0.551. The van der Waals surface area contributed by atoms with Crippen molar-refractivity contribution in [1.29, 1.82) is 5.41 Å². The number of nitrogens with two attached hydrogens (primary N) is 2. The minimum Gasteiger partial charge on any atom is -0.402 e. The predicted molar refractivity (Wildman–Crippen MR) is 110 cm³/mol. The van der Waals surface area contributed by atoms with Gasteiger partial charge in [0.05, 0.1) is 0 Å². The van der Waals surface area contributed by atoms with Crippen LogP contribution in [0.5, 0.6) is 0 Å². The fourth-order valence-electron chi connectivity index (χ4n) is 2.76. The summed E-state index contributed by atoms with van der Waals surface area (Å²) in [6, 6.07) is 6.33. The summed E-state index contributed by atoms with van der Waals surface area (Å²) < 4.78 is 0. The molecule has 0 saturated carbocycles. The zero-order valence-electron chi connectivity index (χ0n) is 16.4. The third-order valence-electron chi connectivity index (χ3n) is 4.30. The number of hydrogen-bond donors (Lipinski definition) is 3. The van der Waals surface area contributed by atoms with Crippen LogP contribution in [0.4, 0.5) is 0 Å². The molecule has 1 aromatic carbocycles. The molecule has 0 saturated heterocycles. The Morgan fingerprint density at radius 1 is 1.16 bits per heavy atom. The highest BCUT2D eigenvalue weighted by molar-refractivity contribution is 5.93. The molecule has 0 spiro atoms. The van der Waals surface area contributed by atoms with Crippen molar-refractivity contribution in [1.82, 2.24) is 0 Å². The number of aryl methyl sites for hydroxylation is 1. The van der Waals surface area contributed by atoms with Gasteiger partial charge in [0.1, 0.15) is 0 Å². The molecule has 0 bridgehead atoms. The van der Waals surface area contributed by atoms with Crippen molar-refractivity contribution in [3.8, 4) is 0 Å². The van der Waals surface area contributed by atoms with Crippen molar-refractivity contribution in [3.05, 3.63) is 51.7 Å². The summed E-state index contributed by atoms with van der Waals surface area (Å²) >= 11 is 0. The number of allylic oxidation sites excluding steroid dienone is 3. The molecule has 0 heterocycles. The first kappa shape index (κ1) is 20.7. The van der Waals surface area contributed by atoms with Crippen LogP contribution in [0, 0.1) is 18.3 Å². The maximum atomic E-state index is 7.72.